The van der Waals surface area contributed by atoms with Gasteiger partial charge in [0.1, 0.15) is 0 Å². The van der Waals surface area contributed by atoms with Gasteiger partial charge in [-0.2, -0.15) is 0 Å². The second kappa shape index (κ2) is 8.34. The van der Waals surface area contributed by atoms with Gasteiger partial charge in [0.2, 0.25) is 0 Å². The number of allylic oxidation sites excluding steroid dienone is 3. The molecule has 1 aliphatic rings. The molecule has 0 fully saturated rings. The molecule has 0 aliphatic heterocycles. The summed E-state index contributed by atoms with van der Waals surface area (Å²) < 4.78 is 1.46. The van der Waals surface area contributed by atoms with E-state index in [0.717, 1.165) is 12.3 Å². The van der Waals surface area contributed by atoms with Crippen molar-refractivity contribution in [2.45, 2.75) is 46.0 Å². The maximum absolute atomic E-state index is 3.91. The van der Waals surface area contributed by atoms with E-state index in [1.807, 2.05) is 11.8 Å². The van der Waals surface area contributed by atoms with Crippen LogP contribution in [0.4, 0.5) is 0 Å². The van der Waals surface area contributed by atoms with Crippen LogP contribution in [0.15, 0.2) is 24.3 Å². The van der Waals surface area contributed by atoms with E-state index in [0.29, 0.717) is 5.92 Å². The molecule has 1 atom stereocenters. The molecule has 1 unspecified atom stereocenters. The summed E-state index contributed by atoms with van der Waals surface area (Å²) in [6, 6.07) is 0. The molecule has 0 amide bonds. The van der Waals surface area contributed by atoms with Crippen molar-refractivity contribution < 1.29 is 0 Å². The van der Waals surface area contributed by atoms with Crippen LogP contribution in [-0.2, 0) is 0 Å². The summed E-state index contributed by atoms with van der Waals surface area (Å²) in [6.07, 6.45) is 10.9. The van der Waals surface area contributed by atoms with Crippen LogP contribution in [0.1, 0.15) is 46.0 Å². The number of hydrogen-bond donors (Lipinski definition) is 0. The van der Waals surface area contributed by atoms with E-state index in [1.54, 1.807) is 5.57 Å². The Bertz CT molecular complexity index is 291. The SMILES string of the molecule is C=CCC(C(=[Se])SCC(C)C)C1=CCCCC1. The maximum atomic E-state index is 3.91. The summed E-state index contributed by atoms with van der Waals surface area (Å²) in [4.78, 5) is 0. The average molecular weight is 315 g/mol. The predicted octanol–water partition coefficient (Wildman–Crippen LogP) is 4.37. The fraction of sp³-hybridized carbons (Fsp3) is 0.667. The molecule has 0 heterocycles. The molecule has 0 N–H and O–H groups in total. The van der Waals surface area contributed by atoms with Gasteiger partial charge in [0.15, 0.2) is 0 Å². The van der Waals surface area contributed by atoms with Gasteiger partial charge < -0.3 is 0 Å². The number of rotatable bonds is 7. The van der Waals surface area contributed by atoms with Crippen molar-refractivity contribution in [3.63, 3.8) is 0 Å². The second-order valence-electron chi connectivity index (χ2n) is 5.13. The van der Waals surface area contributed by atoms with Crippen LogP contribution < -0.4 is 0 Å². The van der Waals surface area contributed by atoms with Crippen LogP contribution in [0.25, 0.3) is 0 Å². The minimum atomic E-state index is 0.594. The fourth-order valence-corrected chi connectivity index (χ4v) is 3.99. The zero-order valence-corrected chi connectivity index (χ0v) is 13.6. The Labute approximate surface area is 119 Å². The molecule has 2 heteroatoms. The van der Waals surface area contributed by atoms with E-state index in [9.17, 15) is 0 Å². The molecule has 1 aliphatic carbocycles. The van der Waals surface area contributed by atoms with Gasteiger partial charge in [-0.1, -0.05) is 0 Å². The van der Waals surface area contributed by atoms with Crippen molar-refractivity contribution in [3.8, 4) is 0 Å². The Morgan fingerprint density at radius 3 is 2.82 bits per heavy atom. The van der Waals surface area contributed by atoms with Crippen LogP contribution in [0.3, 0.4) is 0 Å². The summed E-state index contributed by atoms with van der Waals surface area (Å²) in [7, 11) is 0. The molecular weight excluding hydrogens is 291 g/mol. The molecule has 96 valence electrons. The Morgan fingerprint density at radius 1 is 1.53 bits per heavy atom. The molecule has 17 heavy (non-hydrogen) atoms. The third kappa shape index (κ3) is 5.59. The van der Waals surface area contributed by atoms with Gasteiger partial charge in [-0.3, -0.25) is 0 Å². The van der Waals surface area contributed by atoms with Crippen molar-refractivity contribution in [1.29, 1.82) is 0 Å². The third-order valence-corrected chi connectivity index (χ3v) is 5.76. The molecule has 0 saturated heterocycles. The van der Waals surface area contributed by atoms with Crippen molar-refractivity contribution in [2.24, 2.45) is 11.8 Å². The fourth-order valence-electron chi connectivity index (χ4n) is 2.09. The second-order valence-corrected chi connectivity index (χ2v) is 7.69. The van der Waals surface area contributed by atoms with Crippen LogP contribution >= 0.6 is 11.8 Å². The van der Waals surface area contributed by atoms with E-state index in [-0.39, 0.29) is 0 Å². The monoisotopic (exact) mass is 316 g/mol. The third-order valence-electron chi connectivity index (χ3n) is 3.02. The van der Waals surface area contributed by atoms with E-state index in [1.165, 1.54) is 35.2 Å². The van der Waals surface area contributed by atoms with E-state index >= 15 is 0 Å². The molecule has 0 aromatic heterocycles. The summed E-state index contributed by atoms with van der Waals surface area (Å²) in [5.74, 6) is 2.56. The van der Waals surface area contributed by atoms with Crippen LogP contribution in [0, 0.1) is 11.8 Å². The minimum absolute atomic E-state index is 0.594. The summed E-state index contributed by atoms with van der Waals surface area (Å²) in [5, 5.41) is 0. The van der Waals surface area contributed by atoms with E-state index in [2.05, 4.69) is 48.2 Å². The standard InChI is InChI=1S/C15H24SSe/c1-4-8-14(13-9-6-5-7-10-13)15(17)16-11-12(2)3/h4,9,12,14H,1,5-8,10-11H2,2-3H3. The Hall–Kier alpha value is 0.219. The molecule has 0 spiro atoms. The van der Waals surface area contributed by atoms with Gasteiger partial charge in [0, 0.05) is 0 Å². The average Bonchev–Trinajstić information content (AvgIpc) is 2.34. The summed E-state index contributed by atoms with van der Waals surface area (Å²) >= 11 is 5.30. The predicted molar refractivity (Wildman–Crippen MR) is 82.9 cm³/mol. The number of hydrogen-bond acceptors (Lipinski definition) is 1. The zero-order valence-electron chi connectivity index (χ0n) is 11.1. The summed E-state index contributed by atoms with van der Waals surface area (Å²) in [6.45, 7) is 8.47. The van der Waals surface area contributed by atoms with Gasteiger partial charge in [-0.05, 0) is 0 Å². The van der Waals surface area contributed by atoms with Gasteiger partial charge in [0.05, 0.1) is 0 Å². The molecule has 0 saturated carbocycles. The molecule has 0 aromatic carbocycles. The van der Waals surface area contributed by atoms with Crippen molar-refractivity contribution in [1.82, 2.24) is 0 Å². The molecule has 1 rings (SSSR count). The van der Waals surface area contributed by atoms with Gasteiger partial charge >= 0.3 is 119 Å². The van der Waals surface area contributed by atoms with Gasteiger partial charge in [0.25, 0.3) is 0 Å². The molecular formula is C15H24SSe. The van der Waals surface area contributed by atoms with E-state index < -0.39 is 0 Å². The Kier molecular flexibility index (Phi) is 7.50. The first kappa shape index (κ1) is 15.3. The first-order chi connectivity index (χ1) is 8.15. The molecule has 0 aromatic rings. The Balaban J connectivity index is 2.60. The van der Waals surface area contributed by atoms with Crippen molar-refractivity contribution >= 4 is 31.1 Å². The van der Waals surface area contributed by atoms with E-state index in [4.69, 9.17) is 0 Å². The zero-order chi connectivity index (χ0) is 12.7. The van der Waals surface area contributed by atoms with Crippen molar-refractivity contribution in [2.75, 3.05) is 5.75 Å². The first-order valence-corrected chi connectivity index (χ1v) is 8.45. The molecule has 0 nitrogen and oxygen atoms in total. The molecule has 0 bridgehead atoms. The number of thioether (sulfide) groups is 1. The van der Waals surface area contributed by atoms with Crippen molar-refractivity contribution in [3.05, 3.63) is 24.3 Å². The normalized spacial score (nSPS) is 17.7. The van der Waals surface area contributed by atoms with Crippen LogP contribution in [-0.4, -0.2) is 25.1 Å². The van der Waals surface area contributed by atoms with Crippen LogP contribution in [0.5, 0.6) is 0 Å². The van der Waals surface area contributed by atoms with Crippen LogP contribution in [0.2, 0.25) is 0 Å². The molecule has 0 radical (unpaired) electrons. The summed E-state index contributed by atoms with van der Waals surface area (Å²) in [5.41, 5.74) is 1.64. The first-order valence-electron chi connectivity index (χ1n) is 6.61. The van der Waals surface area contributed by atoms with Gasteiger partial charge in [-0.15, -0.1) is 0 Å². The quantitative estimate of drug-likeness (QED) is 0.497. The topological polar surface area (TPSA) is 0 Å². The Morgan fingerprint density at radius 2 is 2.29 bits per heavy atom. The van der Waals surface area contributed by atoms with Gasteiger partial charge in [-0.25, -0.2) is 0 Å².